The third-order valence-corrected chi connectivity index (χ3v) is 3.19. The van der Waals surface area contributed by atoms with Crippen LogP contribution in [0.5, 0.6) is 0 Å². The van der Waals surface area contributed by atoms with E-state index in [9.17, 15) is 14.4 Å². The average Bonchev–Trinajstić information content (AvgIpc) is 2.56. The van der Waals surface area contributed by atoms with Crippen molar-refractivity contribution in [2.24, 2.45) is 0 Å². The number of hydrogen-bond donors (Lipinski definition) is 3. The number of rotatable bonds is 5. The minimum Gasteiger partial charge on any atom is -0.358 e. The second-order valence-corrected chi connectivity index (χ2v) is 4.82. The van der Waals surface area contributed by atoms with Crippen LogP contribution in [0.25, 0.3) is 11.5 Å². The highest BCUT2D eigenvalue weighted by Crippen LogP contribution is 2.10. The van der Waals surface area contributed by atoms with Crippen molar-refractivity contribution in [2.75, 3.05) is 13.6 Å². The summed E-state index contributed by atoms with van der Waals surface area (Å²) in [7, 11) is 1.48. The molecule has 0 atom stereocenters. The van der Waals surface area contributed by atoms with Crippen molar-refractivity contribution in [2.45, 2.75) is 13.3 Å². The molecule has 23 heavy (non-hydrogen) atoms. The number of hydrogen-bond acceptors (Lipinski definition) is 5. The van der Waals surface area contributed by atoms with Gasteiger partial charge in [-0.1, -0.05) is 6.07 Å². The molecule has 0 aromatic carbocycles. The van der Waals surface area contributed by atoms with E-state index >= 15 is 0 Å². The molecule has 0 bridgehead atoms. The number of pyridine rings is 1. The summed E-state index contributed by atoms with van der Waals surface area (Å²) in [6.07, 6.45) is 1.46. The number of likely N-dealkylation sites (N-methyl/N-ethyl adjacent to an activating group) is 1. The number of H-pyrrole nitrogens is 1. The van der Waals surface area contributed by atoms with E-state index in [1.807, 2.05) is 0 Å². The fourth-order valence-corrected chi connectivity index (χ4v) is 1.93. The number of nitrogens with one attached hydrogen (secondary N) is 3. The maximum Gasteiger partial charge on any atom is 0.255 e. The molecule has 0 aliphatic carbocycles. The van der Waals surface area contributed by atoms with Gasteiger partial charge in [0.2, 0.25) is 11.8 Å². The molecular formula is C15H17N5O3. The molecule has 0 fully saturated rings. The Morgan fingerprint density at radius 2 is 2.04 bits per heavy atom. The first-order valence-corrected chi connectivity index (χ1v) is 6.99. The Morgan fingerprint density at radius 3 is 2.65 bits per heavy atom. The van der Waals surface area contributed by atoms with Gasteiger partial charge in [-0.15, -0.1) is 0 Å². The molecule has 8 heteroatoms. The first kappa shape index (κ1) is 16.3. The molecule has 120 valence electrons. The van der Waals surface area contributed by atoms with Gasteiger partial charge in [0.1, 0.15) is 5.69 Å². The van der Waals surface area contributed by atoms with E-state index < -0.39 is 11.5 Å². The minimum absolute atomic E-state index is 0.133. The summed E-state index contributed by atoms with van der Waals surface area (Å²) >= 11 is 0. The van der Waals surface area contributed by atoms with Crippen LogP contribution in [-0.4, -0.2) is 40.4 Å². The van der Waals surface area contributed by atoms with Gasteiger partial charge >= 0.3 is 0 Å². The summed E-state index contributed by atoms with van der Waals surface area (Å²) in [5, 5.41) is 4.83. The fraction of sp³-hybridized carbons (Fsp3) is 0.267. The van der Waals surface area contributed by atoms with Gasteiger partial charge in [0.15, 0.2) is 5.82 Å². The maximum absolute atomic E-state index is 12.2. The lowest BCUT2D eigenvalue weighted by molar-refractivity contribution is -0.125. The number of aryl methyl sites for hydroxylation is 1. The van der Waals surface area contributed by atoms with Gasteiger partial charge in [-0.25, -0.2) is 4.98 Å². The molecule has 2 heterocycles. The molecule has 0 saturated carbocycles. The standard InChI is InChI=1S/C15H17N5O3/c1-9-10(7-12(21)18-8-13(22)16-2)15(23)20-14(19-9)11-5-3-4-6-17-11/h3-6H,7-8H2,1-2H3,(H,16,22)(H,18,21)(H,19,20,23). The quantitative estimate of drug-likeness (QED) is 0.690. The van der Waals surface area contributed by atoms with Crippen molar-refractivity contribution in [3.8, 4) is 11.5 Å². The van der Waals surface area contributed by atoms with Crippen LogP contribution < -0.4 is 16.2 Å². The Balaban J connectivity index is 2.17. The normalized spacial score (nSPS) is 10.2. The molecule has 2 aromatic heterocycles. The van der Waals surface area contributed by atoms with Gasteiger partial charge < -0.3 is 15.6 Å². The lowest BCUT2D eigenvalue weighted by Crippen LogP contribution is -2.37. The minimum atomic E-state index is -0.422. The van der Waals surface area contributed by atoms with E-state index in [-0.39, 0.29) is 24.4 Å². The topological polar surface area (TPSA) is 117 Å². The zero-order valence-corrected chi connectivity index (χ0v) is 12.8. The van der Waals surface area contributed by atoms with E-state index in [1.54, 1.807) is 31.3 Å². The lowest BCUT2D eigenvalue weighted by atomic mass is 10.1. The zero-order valence-electron chi connectivity index (χ0n) is 12.8. The van der Waals surface area contributed by atoms with Crippen molar-refractivity contribution in [1.82, 2.24) is 25.6 Å². The average molecular weight is 315 g/mol. The summed E-state index contributed by atoms with van der Waals surface area (Å²) in [5.74, 6) is -0.384. The second-order valence-electron chi connectivity index (χ2n) is 4.82. The first-order valence-electron chi connectivity index (χ1n) is 6.99. The van der Waals surface area contributed by atoms with Crippen molar-refractivity contribution >= 4 is 11.8 Å². The summed E-state index contributed by atoms with van der Waals surface area (Å²) in [5.41, 5.74) is 0.861. The molecule has 2 amide bonds. The van der Waals surface area contributed by atoms with E-state index in [0.717, 1.165) is 0 Å². The number of carbonyl (C=O) groups excluding carboxylic acids is 2. The van der Waals surface area contributed by atoms with Crippen molar-refractivity contribution in [3.05, 3.63) is 46.0 Å². The fourth-order valence-electron chi connectivity index (χ4n) is 1.93. The van der Waals surface area contributed by atoms with Crippen molar-refractivity contribution in [3.63, 3.8) is 0 Å². The highest BCUT2D eigenvalue weighted by Gasteiger charge is 2.14. The monoisotopic (exact) mass is 315 g/mol. The van der Waals surface area contributed by atoms with E-state index in [4.69, 9.17) is 0 Å². The molecule has 8 nitrogen and oxygen atoms in total. The number of amides is 2. The zero-order chi connectivity index (χ0) is 16.8. The first-order chi connectivity index (χ1) is 11.0. The lowest BCUT2D eigenvalue weighted by Gasteiger charge is -2.07. The number of carbonyl (C=O) groups is 2. The Morgan fingerprint density at radius 1 is 1.26 bits per heavy atom. The van der Waals surface area contributed by atoms with Crippen LogP contribution >= 0.6 is 0 Å². The number of aromatic nitrogens is 3. The van der Waals surface area contributed by atoms with Gasteiger partial charge in [0.25, 0.3) is 5.56 Å². The molecule has 2 aromatic rings. The van der Waals surface area contributed by atoms with Crippen molar-refractivity contribution < 1.29 is 9.59 Å². The molecule has 2 rings (SSSR count). The predicted octanol–water partition coefficient (Wildman–Crippen LogP) is -0.455. The van der Waals surface area contributed by atoms with Crippen molar-refractivity contribution in [1.29, 1.82) is 0 Å². The largest absolute Gasteiger partial charge is 0.358 e. The van der Waals surface area contributed by atoms with Crippen LogP contribution in [0.4, 0.5) is 0 Å². The molecule has 0 radical (unpaired) electrons. The summed E-state index contributed by atoms with van der Waals surface area (Å²) in [6.45, 7) is 1.52. The van der Waals surface area contributed by atoms with Crippen LogP contribution in [0.2, 0.25) is 0 Å². The predicted molar refractivity (Wildman–Crippen MR) is 83.6 cm³/mol. The second kappa shape index (κ2) is 7.30. The Kier molecular flexibility index (Phi) is 5.19. The molecule has 0 spiro atoms. The van der Waals surface area contributed by atoms with Crippen LogP contribution in [0, 0.1) is 6.92 Å². The summed E-state index contributed by atoms with van der Waals surface area (Å²) in [6, 6.07) is 5.28. The summed E-state index contributed by atoms with van der Waals surface area (Å²) < 4.78 is 0. The van der Waals surface area contributed by atoms with Gasteiger partial charge in [-0.2, -0.15) is 0 Å². The Labute approximate surface area is 132 Å². The molecule has 0 unspecified atom stereocenters. The van der Waals surface area contributed by atoms with Gasteiger partial charge in [-0.05, 0) is 19.1 Å². The molecular weight excluding hydrogens is 298 g/mol. The Hall–Kier alpha value is -3.03. The number of aromatic amines is 1. The summed E-state index contributed by atoms with van der Waals surface area (Å²) in [4.78, 5) is 46.1. The van der Waals surface area contributed by atoms with E-state index in [1.165, 1.54) is 7.05 Å². The van der Waals surface area contributed by atoms with E-state index in [0.29, 0.717) is 17.2 Å². The van der Waals surface area contributed by atoms with Crippen LogP contribution in [0.15, 0.2) is 29.2 Å². The third-order valence-electron chi connectivity index (χ3n) is 3.19. The van der Waals surface area contributed by atoms with Crippen LogP contribution in [0.1, 0.15) is 11.3 Å². The molecule has 0 aliphatic heterocycles. The van der Waals surface area contributed by atoms with Gasteiger partial charge in [0.05, 0.1) is 13.0 Å². The van der Waals surface area contributed by atoms with Gasteiger partial charge in [0, 0.05) is 24.5 Å². The Bertz CT molecular complexity index is 770. The molecule has 0 aliphatic rings. The molecule has 3 N–H and O–H groups in total. The van der Waals surface area contributed by atoms with Crippen LogP contribution in [0.3, 0.4) is 0 Å². The smallest absolute Gasteiger partial charge is 0.255 e. The highest BCUT2D eigenvalue weighted by atomic mass is 16.2. The van der Waals surface area contributed by atoms with Gasteiger partial charge in [-0.3, -0.25) is 19.4 Å². The van der Waals surface area contributed by atoms with Crippen LogP contribution in [-0.2, 0) is 16.0 Å². The SMILES string of the molecule is CNC(=O)CNC(=O)Cc1c(C)nc(-c2ccccn2)[nH]c1=O. The third kappa shape index (κ3) is 4.22. The number of nitrogens with zero attached hydrogens (tertiary/aromatic N) is 2. The van der Waals surface area contributed by atoms with E-state index in [2.05, 4.69) is 25.6 Å². The highest BCUT2D eigenvalue weighted by molar-refractivity contribution is 5.85. The molecule has 0 saturated heterocycles. The maximum atomic E-state index is 12.2.